The number of Topliss-reactive ketones (excluding diaryl/α,β-unsaturated/α-hetero) is 1. The van der Waals surface area contributed by atoms with Crippen molar-refractivity contribution in [1.29, 1.82) is 0 Å². The summed E-state index contributed by atoms with van der Waals surface area (Å²) in [7, 11) is 0. The Morgan fingerprint density at radius 3 is 2.63 bits per heavy atom. The minimum Gasteiger partial charge on any atom is -0.481 e. The average molecular weight is 376 g/mol. The summed E-state index contributed by atoms with van der Waals surface area (Å²) in [4.78, 5) is 22.6. The second-order valence-electron chi connectivity index (χ2n) is 6.84. The van der Waals surface area contributed by atoms with E-state index in [-0.39, 0.29) is 30.5 Å². The van der Waals surface area contributed by atoms with E-state index in [1.807, 2.05) is 43.4 Å². The molecule has 1 aliphatic carbocycles. The molecular weight excluding hydrogens is 344 g/mol. The predicted octanol–water partition coefficient (Wildman–Crippen LogP) is 3.58. The highest BCUT2D eigenvalue weighted by atomic mass is 16.4. The number of carbonyl (C=O) groups is 2. The molecule has 1 saturated carbocycles. The van der Waals surface area contributed by atoms with Gasteiger partial charge >= 0.3 is 5.97 Å². The number of hydrogen-bond donors (Lipinski definition) is 3. The molecular formula is C22H32O5. The summed E-state index contributed by atoms with van der Waals surface area (Å²) in [5, 5.41) is 28.7. The highest BCUT2D eigenvalue weighted by Crippen LogP contribution is 2.33. The monoisotopic (exact) mass is 376 g/mol. The highest BCUT2D eigenvalue weighted by Gasteiger charge is 2.39. The Balaban J connectivity index is 2.48. The number of rotatable bonds is 12. The maximum absolute atomic E-state index is 12.1. The van der Waals surface area contributed by atoms with E-state index in [0.717, 1.165) is 6.42 Å². The Morgan fingerprint density at radius 2 is 1.93 bits per heavy atom. The number of hydrogen-bond acceptors (Lipinski definition) is 4. The molecule has 5 nitrogen and oxygen atoms in total. The van der Waals surface area contributed by atoms with Crippen molar-refractivity contribution >= 4 is 11.8 Å². The Labute approximate surface area is 161 Å². The van der Waals surface area contributed by atoms with Crippen LogP contribution in [0.4, 0.5) is 0 Å². The average Bonchev–Trinajstić information content (AvgIpc) is 2.88. The van der Waals surface area contributed by atoms with Gasteiger partial charge in [0.1, 0.15) is 5.78 Å². The smallest absolute Gasteiger partial charge is 0.303 e. The number of allylic oxidation sites excluding steroid dienone is 5. The number of carbonyl (C=O) groups excluding carboxylic acids is 1. The van der Waals surface area contributed by atoms with Crippen LogP contribution in [0.5, 0.6) is 0 Å². The molecule has 27 heavy (non-hydrogen) atoms. The van der Waals surface area contributed by atoms with Gasteiger partial charge in [0.05, 0.1) is 12.2 Å². The molecule has 0 unspecified atom stereocenters. The summed E-state index contributed by atoms with van der Waals surface area (Å²) >= 11 is 0. The minimum absolute atomic E-state index is 0.0548. The SMILES string of the molecule is CC/C=C\C[C@H](O)/C=C/[C@@H]1[C@H](O)CC(=O)[C@@H]1C/C=C\C/C=C\CCC(=O)O. The third-order valence-electron chi connectivity index (χ3n) is 4.59. The van der Waals surface area contributed by atoms with Crippen LogP contribution in [0.1, 0.15) is 51.9 Å². The second-order valence-corrected chi connectivity index (χ2v) is 6.84. The standard InChI is InChI=1S/C22H32O5/c1-2-3-8-11-17(23)14-15-19-18(20(24)16-21(19)25)12-9-6-4-5-7-10-13-22(26)27/h3,5-9,14-15,17-19,21,23,25H,2,4,10-13,16H2,1H3,(H,26,27)/b7-5-,8-3-,9-6-,15-14+/t17-,18+,19-,21+/m0/s1. The topological polar surface area (TPSA) is 94.8 Å². The normalized spacial score (nSPS) is 24.9. The van der Waals surface area contributed by atoms with Crippen LogP contribution < -0.4 is 0 Å². The Morgan fingerprint density at radius 1 is 1.19 bits per heavy atom. The van der Waals surface area contributed by atoms with E-state index in [4.69, 9.17) is 5.11 Å². The van der Waals surface area contributed by atoms with Crippen LogP contribution in [0.2, 0.25) is 0 Å². The lowest BCUT2D eigenvalue weighted by Gasteiger charge is -2.16. The molecule has 0 aromatic heterocycles. The number of carboxylic acid groups (broad SMARTS) is 1. The summed E-state index contributed by atoms with van der Waals surface area (Å²) < 4.78 is 0. The molecule has 0 aliphatic heterocycles. The molecule has 0 bridgehead atoms. The van der Waals surface area contributed by atoms with Gasteiger partial charge in [0.25, 0.3) is 0 Å². The molecule has 1 rings (SSSR count). The fraction of sp³-hybridized carbons (Fsp3) is 0.545. The van der Waals surface area contributed by atoms with Crippen molar-refractivity contribution in [3.05, 3.63) is 48.6 Å². The van der Waals surface area contributed by atoms with Crippen molar-refractivity contribution in [2.75, 3.05) is 0 Å². The first-order chi connectivity index (χ1) is 13.0. The Bertz CT molecular complexity index is 573. The predicted molar refractivity (Wildman–Crippen MR) is 106 cm³/mol. The molecule has 5 heteroatoms. The van der Waals surface area contributed by atoms with Gasteiger partial charge < -0.3 is 15.3 Å². The first-order valence-corrected chi connectivity index (χ1v) is 9.69. The van der Waals surface area contributed by atoms with Gasteiger partial charge in [0.15, 0.2) is 0 Å². The molecule has 0 spiro atoms. The minimum atomic E-state index is -0.806. The fourth-order valence-electron chi connectivity index (χ4n) is 3.10. The van der Waals surface area contributed by atoms with Crippen LogP contribution in [-0.2, 0) is 9.59 Å². The van der Waals surface area contributed by atoms with Gasteiger partial charge in [-0.3, -0.25) is 9.59 Å². The highest BCUT2D eigenvalue weighted by molar-refractivity contribution is 5.84. The lowest BCUT2D eigenvalue weighted by molar-refractivity contribution is -0.136. The molecule has 0 radical (unpaired) electrons. The zero-order chi connectivity index (χ0) is 20.1. The van der Waals surface area contributed by atoms with E-state index in [2.05, 4.69) is 0 Å². The molecule has 0 saturated heterocycles. The Kier molecular flexibility index (Phi) is 11.3. The molecule has 0 heterocycles. The maximum atomic E-state index is 12.1. The van der Waals surface area contributed by atoms with Crippen LogP contribution in [0.15, 0.2) is 48.6 Å². The molecule has 1 fully saturated rings. The second kappa shape index (κ2) is 13.2. The molecule has 1 aliphatic rings. The van der Waals surface area contributed by atoms with Crippen molar-refractivity contribution in [3.63, 3.8) is 0 Å². The number of aliphatic carboxylic acids is 1. The zero-order valence-corrected chi connectivity index (χ0v) is 16.0. The van der Waals surface area contributed by atoms with Gasteiger partial charge in [-0.15, -0.1) is 0 Å². The van der Waals surface area contributed by atoms with E-state index in [1.54, 1.807) is 12.2 Å². The van der Waals surface area contributed by atoms with Crippen LogP contribution in [0.3, 0.4) is 0 Å². The summed E-state index contributed by atoms with van der Waals surface area (Å²) in [5.41, 5.74) is 0. The van der Waals surface area contributed by atoms with E-state index < -0.39 is 18.2 Å². The molecule has 3 N–H and O–H groups in total. The van der Waals surface area contributed by atoms with Gasteiger partial charge in [0.2, 0.25) is 0 Å². The molecule has 0 amide bonds. The van der Waals surface area contributed by atoms with Crippen LogP contribution in [-0.4, -0.2) is 39.3 Å². The molecule has 0 aromatic carbocycles. The first-order valence-electron chi connectivity index (χ1n) is 9.69. The number of aliphatic hydroxyl groups excluding tert-OH is 2. The van der Waals surface area contributed by atoms with Crippen molar-refractivity contribution in [2.45, 2.75) is 64.1 Å². The van der Waals surface area contributed by atoms with Crippen LogP contribution in [0, 0.1) is 11.8 Å². The number of ketones is 1. The quantitative estimate of drug-likeness (QED) is 0.453. The maximum Gasteiger partial charge on any atom is 0.303 e. The van der Waals surface area contributed by atoms with E-state index >= 15 is 0 Å². The third kappa shape index (κ3) is 9.50. The Hall–Kier alpha value is -1.98. The van der Waals surface area contributed by atoms with Gasteiger partial charge in [-0.2, -0.15) is 0 Å². The van der Waals surface area contributed by atoms with Gasteiger partial charge in [-0.25, -0.2) is 0 Å². The molecule has 4 atom stereocenters. The summed E-state index contributed by atoms with van der Waals surface area (Å²) in [6, 6.07) is 0. The summed E-state index contributed by atoms with van der Waals surface area (Å²) in [6.07, 6.45) is 17.2. The lowest BCUT2D eigenvalue weighted by atomic mass is 9.90. The van der Waals surface area contributed by atoms with Crippen molar-refractivity contribution in [3.8, 4) is 0 Å². The first kappa shape index (κ1) is 23.1. The fourth-order valence-corrected chi connectivity index (χ4v) is 3.10. The number of aliphatic hydroxyl groups is 2. The van der Waals surface area contributed by atoms with E-state index in [0.29, 0.717) is 25.7 Å². The van der Waals surface area contributed by atoms with Crippen molar-refractivity contribution < 1.29 is 24.9 Å². The van der Waals surface area contributed by atoms with Crippen molar-refractivity contribution in [1.82, 2.24) is 0 Å². The van der Waals surface area contributed by atoms with Crippen LogP contribution in [0.25, 0.3) is 0 Å². The van der Waals surface area contributed by atoms with Gasteiger partial charge in [0, 0.05) is 24.7 Å². The third-order valence-corrected chi connectivity index (χ3v) is 4.59. The number of carboxylic acids is 1. The van der Waals surface area contributed by atoms with E-state index in [1.165, 1.54) is 0 Å². The van der Waals surface area contributed by atoms with E-state index in [9.17, 15) is 19.8 Å². The zero-order valence-electron chi connectivity index (χ0n) is 16.0. The lowest BCUT2D eigenvalue weighted by Crippen LogP contribution is -2.18. The summed E-state index contributed by atoms with van der Waals surface area (Å²) in [5.74, 6) is -1.28. The van der Waals surface area contributed by atoms with Gasteiger partial charge in [-0.05, 0) is 32.1 Å². The van der Waals surface area contributed by atoms with Gasteiger partial charge in [-0.1, -0.05) is 55.5 Å². The molecule has 150 valence electrons. The molecule has 0 aromatic rings. The van der Waals surface area contributed by atoms with Crippen molar-refractivity contribution in [2.24, 2.45) is 11.8 Å². The van der Waals surface area contributed by atoms with Crippen LogP contribution >= 0.6 is 0 Å². The summed E-state index contributed by atoms with van der Waals surface area (Å²) in [6.45, 7) is 2.03. The largest absolute Gasteiger partial charge is 0.481 e.